The predicted molar refractivity (Wildman–Crippen MR) is 49.1 cm³/mol. The molecule has 0 saturated carbocycles. The van der Waals surface area contributed by atoms with E-state index < -0.39 is 0 Å². The third kappa shape index (κ3) is 7.70. The van der Waals surface area contributed by atoms with Gasteiger partial charge in [0.2, 0.25) is 5.91 Å². The zero-order valence-corrected chi connectivity index (χ0v) is 7.95. The highest BCUT2D eigenvalue weighted by Gasteiger charge is 2.06. The summed E-state index contributed by atoms with van der Waals surface area (Å²) in [5.41, 5.74) is 5.06. The number of rotatable bonds is 8. The average molecular weight is 190 g/mol. The van der Waals surface area contributed by atoms with Gasteiger partial charge in [0.25, 0.3) is 0 Å². The smallest absolute Gasteiger partial charge is 0.221 e. The summed E-state index contributed by atoms with van der Waals surface area (Å²) in [4.78, 5) is 10.6. The molecular formula is C8H18N2O3. The van der Waals surface area contributed by atoms with Gasteiger partial charge in [0.1, 0.15) is 0 Å². The molecule has 1 atom stereocenters. The monoisotopic (exact) mass is 190 g/mol. The van der Waals surface area contributed by atoms with Crippen LogP contribution in [0.4, 0.5) is 0 Å². The van der Waals surface area contributed by atoms with Crippen molar-refractivity contribution in [2.45, 2.75) is 6.92 Å². The average Bonchev–Trinajstić information content (AvgIpc) is 2.10. The quantitative estimate of drug-likeness (QED) is 0.416. The molecule has 78 valence electrons. The van der Waals surface area contributed by atoms with Crippen molar-refractivity contribution in [3.05, 3.63) is 0 Å². The van der Waals surface area contributed by atoms with E-state index in [-0.39, 0.29) is 18.4 Å². The number of hydrogen-bond acceptors (Lipinski definition) is 4. The minimum absolute atomic E-state index is 0.0394. The lowest BCUT2D eigenvalue weighted by molar-refractivity contribution is -0.121. The molecule has 5 nitrogen and oxygen atoms in total. The molecule has 13 heavy (non-hydrogen) atoms. The van der Waals surface area contributed by atoms with E-state index in [1.807, 2.05) is 0 Å². The van der Waals surface area contributed by atoms with Gasteiger partial charge in [0.15, 0.2) is 0 Å². The second-order valence-electron chi connectivity index (χ2n) is 2.84. The van der Waals surface area contributed by atoms with Crippen LogP contribution in [0.1, 0.15) is 6.92 Å². The molecular weight excluding hydrogens is 172 g/mol. The Labute approximate surface area is 78.3 Å². The van der Waals surface area contributed by atoms with Crippen LogP contribution in [0, 0.1) is 5.92 Å². The van der Waals surface area contributed by atoms with Gasteiger partial charge in [-0.15, -0.1) is 0 Å². The molecule has 1 unspecified atom stereocenters. The highest BCUT2D eigenvalue weighted by atomic mass is 16.5. The van der Waals surface area contributed by atoms with Crippen molar-refractivity contribution in [3.8, 4) is 0 Å². The maximum absolute atomic E-state index is 10.6. The van der Waals surface area contributed by atoms with Gasteiger partial charge in [-0.05, 0) is 0 Å². The lowest BCUT2D eigenvalue weighted by Crippen LogP contribution is -2.32. The summed E-state index contributed by atoms with van der Waals surface area (Å²) >= 11 is 0. The second-order valence-corrected chi connectivity index (χ2v) is 2.84. The molecule has 0 aromatic rings. The maximum atomic E-state index is 10.6. The van der Waals surface area contributed by atoms with Crippen LogP contribution >= 0.6 is 0 Å². The SMILES string of the molecule is CC(CNCCOCCO)C(N)=O. The molecule has 0 bridgehead atoms. The van der Waals surface area contributed by atoms with Crippen LogP contribution < -0.4 is 11.1 Å². The van der Waals surface area contributed by atoms with E-state index in [0.717, 1.165) is 0 Å². The van der Waals surface area contributed by atoms with E-state index in [4.69, 9.17) is 15.6 Å². The van der Waals surface area contributed by atoms with Crippen LogP contribution in [0.5, 0.6) is 0 Å². The molecule has 0 radical (unpaired) electrons. The van der Waals surface area contributed by atoms with E-state index in [0.29, 0.717) is 26.3 Å². The van der Waals surface area contributed by atoms with Crippen molar-refractivity contribution >= 4 is 5.91 Å². The Morgan fingerprint density at radius 2 is 2.31 bits per heavy atom. The fraction of sp³-hybridized carbons (Fsp3) is 0.875. The van der Waals surface area contributed by atoms with Crippen molar-refractivity contribution in [1.82, 2.24) is 5.32 Å². The summed E-state index contributed by atoms with van der Waals surface area (Å²) in [6.07, 6.45) is 0. The Hall–Kier alpha value is -0.650. The number of amides is 1. The highest BCUT2D eigenvalue weighted by Crippen LogP contribution is 1.88. The van der Waals surface area contributed by atoms with Crippen molar-refractivity contribution < 1.29 is 14.6 Å². The van der Waals surface area contributed by atoms with Crippen molar-refractivity contribution in [2.24, 2.45) is 11.7 Å². The summed E-state index contributed by atoms with van der Waals surface area (Å²) < 4.78 is 5.00. The van der Waals surface area contributed by atoms with E-state index in [2.05, 4.69) is 5.32 Å². The van der Waals surface area contributed by atoms with E-state index in [1.54, 1.807) is 6.92 Å². The first-order valence-electron chi connectivity index (χ1n) is 4.37. The van der Waals surface area contributed by atoms with Gasteiger partial charge in [0, 0.05) is 19.0 Å². The van der Waals surface area contributed by atoms with Crippen molar-refractivity contribution in [3.63, 3.8) is 0 Å². The van der Waals surface area contributed by atoms with Crippen molar-refractivity contribution in [1.29, 1.82) is 0 Å². The van der Waals surface area contributed by atoms with Crippen LogP contribution in [0.3, 0.4) is 0 Å². The van der Waals surface area contributed by atoms with Crippen LogP contribution in [-0.4, -0.2) is 43.9 Å². The minimum Gasteiger partial charge on any atom is -0.394 e. The molecule has 0 saturated heterocycles. The summed E-state index contributed by atoms with van der Waals surface area (Å²) in [5.74, 6) is -0.457. The summed E-state index contributed by atoms with van der Waals surface area (Å²) in [7, 11) is 0. The second kappa shape index (κ2) is 7.97. The van der Waals surface area contributed by atoms with E-state index >= 15 is 0 Å². The molecule has 0 aliphatic rings. The van der Waals surface area contributed by atoms with Crippen LogP contribution in [0.15, 0.2) is 0 Å². The fourth-order valence-corrected chi connectivity index (χ4v) is 0.730. The molecule has 0 aromatic carbocycles. The Kier molecular flexibility index (Phi) is 7.57. The van der Waals surface area contributed by atoms with Gasteiger partial charge >= 0.3 is 0 Å². The molecule has 0 fully saturated rings. The number of nitrogens with one attached hydrogen (secondary N) is 1. The standard InChI is InChI=1S/C8H18N2O3/c1-7(8(9)12)6-10-2-4-13-5-3-11/h7,10-11H,2-6H2,1H3,(H2,9,12). The molecule has 0 heterocycles. The summed E-state index contributed by atoms with van der Waals surface area (Å²) in [6, 6.07) is 0. The van der Waals surface area contributed by atoms with Gasteiger partial charge in [-0.25, -0.2) is 0 Å². The molecule has 0 spiro atoms. The number of ether oxygens (including phenoxy) is 1. The number of aliphatic hydroxyl groups is 1. The normalized spacial score (nSPS) is 12.8. The van der Waals surface area contributed by atoms with Crippen molar-refractivity contribution in [2.75, 3.05) is 32.9 Å². The van der Waals surface area contributed by atoms with Crippen LogP contribution in [0.2, 0.25) is 0 Å². The zero-order chi connectivity index (χ0) is 10.1. The van der Waals surface area contributed by atoms with Gasteiger partial charge < -0.3 is 20.9 Å². The van der Waals surface area contributed by atoms with E-state index in [1.165, 1.54) is 0 Å². The summed E-state index contributed by atoms with van der Waals surface area (Å²) in [5, 5.41) is 11.4. The fourth-order valence-electron chi connectivity index (χ4n) is 0.730. The Balaban J connectivity index is 3.11. The lowest BCUT2D eigenvalue weighted by Gasteiger charge is -2.08. The molecule has 4 N–H and O–H groups in total. The third-order valence-corrected chi connectivity index (χ3v) is 1.60. The van der Waals surface area contributed by atoms with Gasteiger partial charge in [-0.2, -0.15) is 0 Å². The summed E-state index contributed by atoms with van der Waals surface area (Å²) in [6.45, 7) is 3.93. The molecule has 0 aliphatic carbocycles. The number of carbonyl (C=O) groups excluding carboxylic acids is 1. The number of aliphatic hydroxyl groups excluding tert-OH is 1. The predicted octanol–water partition coefficient (Wildman–Crippen LogP) is -1.29. The Morgan fingerprint density at radius 1 is 1.62 bits per heavy atom. The molecule has 5 heteroatoms. The van der Waals surface area contributed by atoms with Gasteiger partial charge in [-0.3, -0.25) is 4.79 Å². The van der Waals surface area contributed by atoms with Gasteiger partial charge in [-0.1, -0.05) is 6.92 Å². The maximum Gasteiger partial charge on any atom is 0.221 e. The number of primary amides is 1. The molecule has 1 amide bonds. The Bertz CT molecular complexity index is 141. The largest absolute Gasteiger partial charge is 0.394 e. The topological polar surface area (TPSA) is 84.6 Å². The first-order valence-corrected chi connectivity index (χ1v) is 4.37. The zero-order valence-electron chi connectivity index (χ0n) is 7.95. The first-order chi connectivity index (χ1) is 6.18. The number of carbonyl (C=O) groups is 1. The van der Waals surface area contributed by atoms with Crippen LogP contribution in [0.25, 0.3) is 0 Å². The molecule has 0 aromatic heterocycles. The Morgan fingerprint density at radius 3 is 2.85 bits per heavy atom. The number of hydrogen-bond donors (Lipinski definition) is 3. The van der Waals surface area contributed by atoms with Gasteiger partial charge in [0.05, 0.1) is 19.8 Å². The van der Waals surface area contributed by atoms with E-state index in [9.17, 15) is 4.79 Å². The number of nitrogens with two attached hydrogens (primary N) is 1. The minimum atomic E-state index is -0.302. The third-order valence-electron chi connectivity index (χ3n) is 1.60. The molecule has 0 aliphatic heterocycles. The lowest BCUT2D eigenvalue weighted by atomic mass is 10.2. The van der Waals surface area contributed by atoms with Crippen LogP contribution in [-0.2, 0) is 9.53 Å². The first kappa shape index (κ1) is 12.3. The highest BCUT2D eigenvalue weighted by molar-refractivity contribution is 5.76. The molecule has 0 rings (SSSR count).